The molecule has 1 amide bonds. The summed E-state index contributed by atoms with van der Waals surface area (Å²) in [5, 5.41) is 16.8. The molecule has 1 aromatic rings. The van der Waals surface area contributed by atoms with Gasteiger partial charge in [-0.05, 0) is 18.6 Å². The van der Waals surface area contributed by atoms with Crippen molar-refractivity contribution in [2.45, 2.75) is 6.92 Å². The summed E-state index contributed by atoms with van der Waals surface area (Å²) in [4.78, 5) is 24.5. The number of nitrogens with zero attached hydrogens (tertiary/aromatic N) is 2. The lowest BCUT2D eigenvalue weighted by molar-refractivity contribution is -0.384. The van der Waals surface area contributed by atoms with E-state index in [0.29, 0.717) is 0 Å². The topological polar surface area (TPSA) is 87.5 Å². The van der Waals surface area contributed by atoms with E-state index in [4.69, 9.17) is 0 Å². The largest absolute Gasteiger partial charge is 0.319 e. The van der Waals surface area contributed by atoms with Crippen molar-refractivity contribution < 1.29 is 9.72 Å². The van der Waals surface area contributed by atoms with Crippen LogP contribution in [0.5, 0.6) is 0 Å². The lowest BCUT2D eigenvalue weighted by Gasteiger charge is -2.26. The Hall–Kier alpha value is -1.99. The second kappa shape index (κ2) is 6.44. The Morgan fingerprint density at radius 2 is 2.15 bits per heavy atom. The molecule has 1 fully saturated rings. The predicted molar refractivity (Wildman–Crippen MR) is 75.8 cm³/mol. The molecule has 0 aliphatic carbocycles. The minimum atomic E-state index is -0.479. The summed E-state index contributed by atoms with van der Waals surface area (Å²) in [6.07, 6.45) is 0. The normalized spacial score (nSPS) is 15.8. The van der Waals surface area contributed by atoms with Crippen LogP contribution in [-0.2, 0) is 4.79 Å². The number of aryl methyl sites for hydroxylation is 1. The molecule has 7 nitrogen and oxygen atoms in total. The van der Waals surface area contributed by atoms with Crippen LogP contribution >= 0.6 is 0 Å². The molecule has 0 spiro atoms. The number of amides is 1. The van der Waals surface area contributed by atoms with Gasteiger partial charge in [0.25, 0.3) is 5.69 Å². The first-order chi connectivity index (χ1) is 9.56. The van der Waals surface area contributed by atoms with E-state index in [1.165, 1.54) is 6.07 Å². The maximum atomic E-state index is 11.9. The Balaban J connectivity index is 2.01. The Morgan fingerprint density at radius 3 is 2.80 bits per heavy atom. The number of nitro groups is 1. The van der Waals surface area contributed by atoms with Crippen LogP contribution in [-0.4, -0.2) is 48.5 Å². The predicted octanol–water partition coefficient (Wildman–Crippen LogP) is 0.747. The highest BCUT2D eigenvalue weighted by molar-refractivity contribution is 5.94. The average Bonchev–Trinajstić information content (AvgIpc) is 2.41. The number of nitro benzene ring substituents is 1. The SMILES string of the molecule is Cc1ccc(NC(=O)CN2CCNCC2)c([N+](=O)[O-])c1. The molecule has 0 saturated carbocycles. The number of benzene rings is 1. The third-order valence-corrected chi connectivity index (χ3v) is 3.20. The summed E-state index contributed by atoms with van der Waals surface area (Å²) in [7, 11) is 0. The first-order valence-corrected chi connectivity index (χ1v) is 6.54. The van der Waals surface area contributed by atoms with E-state index in [2.05, 4.69) is 10.6 Å². The molecule has 7 heteroatoms. The Labute approximate surface area is 117 Å². The Kier molecular flexibility index (Phi) is 4.65. The van der Waals surface area contributed by atoms with Gasteiger partial charge in [0.1, 0.15) is 5.69 Å². The number of piperazine rings is 1. The lowest BCUT2D eigenvalue weighted by atomic mass is 10.2. The standard InChI is InChI=1S/C13H18N4O3/c1-10-2-3-11(12(8-10)17(19)20)15-13(18)9-16-6-4-14-5-7-16/h2-3,8,14H,4-7,9H2,1H3,(H,15,18). The van der Waals surface area contributed by atoms with Gasteiger partial charge < -0.3 is 10.6 Å². The molecule has 0 bridgehead atoms. The first-order valence-electron chi connectivity index (χ1n) is 6.54. The molecule has 2 N–H and O–H groups in total. The summed E-state index contributed by atoms with van der Waals surface area (Å²) in [5.74, 6) is -0.223. The Morgan fingerprint density at radius 1 is 1.45 bits per heavy atom. The van der Waals surface area contributed by atoms with Crippen LogP contribution in [0, 0.1) is 17.0 Å². The lowest BCUT2D eigenvalue weighted by Crippen LogP contribution is -2.46. The molecule has 1 aliphatic rings. The minimum absolute atomic E-state index is 0.0707. The van der Waals surface area contributed by atoms with Crippen molar-refractivity contribution in [1.29, 1.82) is 0 Å². The highest BCUT2D eigenvalue weighted by atomic mass is 16.6. The van der Waals surface area contributed by atoms with Gasteiger partial charge in [-0.3, -0.25) is 19.8 Å². The van der Waals surface area contributed by atoms with E-state index in [9.17, 15) is 14.9 Å². The number of carbonyl (C=O) groups is 1. The molecule has 2 rings (SSSR count). The van der Waals surface area contributed by atoms with Gasteiger partial charge in [-0.1, -0.05) is 6.07 Å². The Bertz CT molecular complexity index is 512. The summed E-state index contributed by atoms with van der Waals surface area (Å²) in [6, 6.07) is 4.77. The summed E-state index contributed by atoms with van der Waals surface area (Å²) in [5.41, 5.74) is 0.969. The van der Waals surface area contributed by atoms with Gasteiger partial charge in [-0.15, -0.1) is 0 Å². The van der Waals surface area contributed by atoms with Crippen molar-refractivity contribution in [1.82, 2.24) is 10.2 Å². The van der Waals surface area contributed by atoms with Gasteiger partial charge in [0, 0.05) is 32.2 Å². The molecule has 1 aromatic carbocycles. The molecule has 108 valence electrons. The van der Waals surface area contributed by atoms with Crippen LogP contribution in [0.1, 0.15) is 5.56 Å². The van der Waals surface area contributed by atoms with E-state index >= 15 is 0 Å². The molecule has 0 aromatic heterocycles. The van der Waals surface area contributed by atoms with Crippen LogP contribution in [0.15, 0.2) is 18.2 Å². The van der Waals surface area contributed by atoms with Crippen molar-refractivity contribution in [2.24, 2.45) is 0 Å². The second-order valence-corrected chi connectivity index (χ2v) is 4.85. The molecule has 1 aliphatic heterocycles. The van der Waals surface area contributed by atoms with E-state index in [1.54, 1.807) is 19.1 Å². The molecule has 1 saturated heterocycles. The molecular formula is C13H18N4O3. The molecular weight excluding hydrogens is 260 g/mol. The zero-order chi connectivity index (χ0) is 14.5. The van der Waals surface area contributed by atoms with E-state index in [-0.39, 0.29) is 23.8 Å². The van der Waals surface area contributed by atoms with E-state index in [0.717, 1.165) is 31.7 Å². The number of carbonyl (C=O) groups excluding carboxylic acids is 1. The van der Waals surface area contributed by atoms with Crippen molar-refractivity contribution in [3.8, 4) is 0 Å². The zero-order valence-electron chi connectivity index (χ0n) is 11.4. The molecule has 20 heavy (non-hydrogen) atoms. The highest BCUT2D eigenvalue weighted by Crippen LogP contribution is 2.25. The molecule has 0 atom stereocenters. The average molecular weight is 278 g/mol. The summed E-state index contributed by atoms with van der Waals surface area (Å²) >= 11 is 0. The third kappa shape index (κ3) is 3.75. The van der Waals surface area contributed by atoms with Gasteiger partial charge in [0.2, 0.25) is 5.91 Å². The van der Waals surface area contributed by atoms with Crippen molar-refractivity contribution in [3.05, 3.63) is 33.9 Å². The van der Waals surface area contributed by atoms with Gasteiger partial charge in [0.05, 0.1) is 11.5 Å². The van der Waals surface area contributed by atoms with Crippen molar-refractivity contribution in [3.63, 3.8) is 0 Å². The fourth-order valence-corrected chi connectivity index (χ4v) is 2.16. The molecule has 1 heterocycles. The van der Waals surface area contributed by atoms with Gasteiger partial charge in [-0.25, -0.2) is 0 Å². The maximum absolute atomic E-state index is 11.9. The quantitative estimate of drug-likeness (QED) is 0.626. The van der Waals surface area contributed by atoms with E-state index < -0.39 is 4.92 Å². The second-order valence-electron chi connectivity index (χ2n) is 4.85. The van der Waals surface area contributed by atoms with Gasteiger partial charge in [-0.2, -0.15) is 0 Å². The van der Waals surface area contributed by atoms with Gasteiger partial charge in [0.15, 0.2) is 0 Å². The number of nitrogens with one attached hydrogen (secondary N) is 2. The van der Waals surface area contributed by atoms with Crippen LogP contribution in [0.4, 0.5) is 11.4 Å². The van der Waals surface area contributed by atoms with Crippen molar-refractivity contribution in [2.75, 3.05) is 38.0 Å². The van der Waals surface area contributed by atoms with Crippen molar-refractivity contribution >= 4 is 17.3 Å². The van der Waals surface area contributed by atoms with Gasteiger partial charge >= 0.3 is 0 Å². The van der Waals surface area contributed by atoms with Crippen LogP contribution in [0.3, 0.4) is 0 Å². The molecule has 0 radical (unpaired) electrons. The van der Waals surface area contributed by atoms with E-state index in [1.807, 2.05) is 4.90 Å². The first kappa shape index (κ1) is 14.4. The highest BCUT2D eigenvalue weighted by Gasteiger charge is 2.18. The number of hydrogen-bond donors (Lipinski definition) is 2. The minimum Gasteiger partial charge on any atom is -0.319 e. The summed E-state index contributed by atoms with van der Waals surface area (Å²) < 4.78 is 0. The summed E-state index contributed by atoms with van der Waals surface area (Å²) in [6.45, 7) is 5.37. The number of rotatable bonds is 4. The fourth-order valence-electron chi connectivity index (χ4n) is 2.16. The third-order valence-electron chi connectivity index (χ3n) is 3.20. The molecule has 0 unspecified atom stereocenters. The zero-order valence-corrected chi connectivity index (χ0v) is 11.4. The monoisotopic (exact) mass is 278 g/mol. The van der Waals surface area contributed by atoms with Crippen LogP contribution in [0.25, 0.3) is 0 Å². The van der Waals surface area contributed by atoms with Crippen LogP contribution < -0.4 is 10.6 Å². The van der Waals surface area contributed by atoms with Crippen LogP contribution in [0.2, 0.25) is 0 Å². The smallest absolute Gasteiger partial charge is 0.293 e. The maximum Gasteiger partial charge on any atom is 0.293 e. The number of hydrogen-bond acceptors (Lipinski definition) is 5. The number of anilines is 1. The fraction of sp³-hybridized carbons (Fsp3) is 0.462.